The van der Waals surface area contributed by atoms with Crippen LogP contribution in [0.1, 0.15) is 40.9 Å². The molecule has 2 aliphatic heterocycles. The fourth-order valence-electron chi connectivity index (χ4n) is 5.00. The third-order valence-corrected chi connectivity index (χ3v) is 6.84. The third-order valence-electron chi connectivity index (χ3n) is 6.84. The first-order chi connectivity index (χ1) is 15.0. The Labute approximate surface area is 178 Å². The normalized spacial score (nSPS) is 20.2. The molecule has 164 valence electrons. The molecule has 3 heterocycles. The molecule has 5 rings (SSSR count). The van der Waals surface area contributed by atoms with Crippen molar-refractivity contribution in [2.24, 2.45) is 0 Å². The zero-order valence-electron chi connectivity index (χ0n) is 17.1. The monoisotopic (exact) mass is 430 g/mol. The maximum absolute atomic E-state index is 13.5. The summed E-state index contributed by atoms with van der Waals surface area (Å²) in [4.78, 5) is 37.0. The molecule has 31 heavy (non-hydrogen) atoms. The largest absolute Gasteiger partial charge is 0.378 e. The lowest BCUT2D eigenvalue weighted by Gasteiger charge is -2.39. The molecule has 2 saturated heterocycles. The molecule has 1 aliphatic carbocycles. The molecule has 7 nitrogen and oxygen atoms in total. The number of aromatic nitrogens is 2. The summed E-state index contributed by atoms with van der Waals surface area (Å²) in [5.41, 5.74) is 1.44. The Kier molecular flexibility index (Phi) is 5.00. The third kappa shape index (κ3) is 3.50. The van der Waals surface area contributed by atoms with Gasteiger partial charge in [0.15, 0.2) is 11.6 Å². The van der Waals surface area contributed by atoms with Crippen LogP contribution in [-0.2, 0) is 16.6 Å². The lowest BCUT2D eigenvalue weighted by atomic mass is 9.76. The Morgan fingerprint density at radius 2 is 1.81 bits per heavy atom. The van der Waals surface area contributed by atoms with Crippen LogP contribution < -0.4 is 10.5 Å². The van der Waals surface area contributed by atoms with Crippen LogP contribution in [0.25, 0.3) is 0 Å². The summed E-state index contributed by atoms with van der Waals surface area (Å²) in [5, 5.41) is 0. The Hall–Kier alpha value is -2.81. The number of rotatable bonds is 2. The minimum absolute atomic E-state index is 0.0799. The maximum Gasteiger partial charge on any atom is 0.255 e. The summed E-state index contributed by atoms with van der Waals surface area (Å²) >= 11 is 0. The maximum atomic E-state index is 13.5. The molecule has 0 radical (unpaired) electrons. The molecule has 0 saturated carbocycles. The minimum Gasteiger partial charge on any atom is -0.378 e. The van der Waals surface area contributed by atoms with E-state index < -0.39 is 11.6 Å². The molecule has 0 atom stereocenters. The van der Waals surface area contributed by atoms with E-state index in [-0.39, 0.29) is 22.4 Å². The fourth-order valence-corrected chi connectivity index (χ4v) is 5.00. The number of nitrogens with one attached hydrogen (secondary N) is 1. The summed E-state index contributed by atoms with van der Waals surface area (Å²) < 4.78 is 32.1. The Balaban J connectivity index is 1.36. The van der Waals surface area contributed by atoms with Gasteiger partial charge in [0.05, 0.1) is 18.9 Å². The van der Waals surface area contributed by atoms with Gasteiger partial charge >= 0.3 is 0 Å². The predicted octanol–water partition coefficient (Wildman–Crippen LogP) is 2.00. The first kappa shape index (κ1) is 20.1. The second kappa shape index (κ2) is 7.71. The van der Waals surface area contributed by atoms with Crippen molar-refractivity contribution in [3.05, 3.63) is 57.0 Å². The van der Waals surface area contributed by atoms with E-state index in [1.54, 1.807) is 4.90 Å². The van der Waals surface area contributed by atoms with Gasteiger partial charge in [-0.1, -0.05) is 0 Å². The molecule has 1 aromatic heterocycles. The first-order valence-corrected chi connectivity index (χ1v) is 10.7. The quantitative estimate of drug-likeness (QED) is 0.789. The number of benzene rings is 1. The number of halogens is 2. The van der Waals surface area contributed by atoms with Gasteiger partial charge < -0.3 is 14.5 Å². The second-order valence-corrected chi connectivity index (χ2v) is 8.52. The van der Waals surface area contributed by atoms with E-state index in [9.17, 15) is 18.4 Å². The van der Waals surface area contributed by atoms with Crippen LogP contribution in [0.2, 0.25) is 0 Å². The lowest BCUT2D eigenvalue weighted by Crippen LogP contribution is -2.45. The highest BCUT2D eigenvalue weighted by Crippen LogP contribution is 2.44. The summed E-state index contributed by atoms with van der Waals surface area (Å²) in [6.07, 6.45) is 2.89. The minimum atomic E-state index is -1.02. The number of hydrogen-bond donors (Lipinski definition) is 1. The number of aromatic amines is 1. The number of carbonyl (C=O) groups is 1. The Morgan fingerprint density at radius 1 is 1.06 bits per heavy atom. The van der Waals surface area contributed by atoms with Crippen LogP contribution in [0.15, 0.2) is 23.0 Å². The average Bonchev–Trinajstić information content (AvgIpc) is 3.15. The topological polar surface area (TPSA) is 78.5 Å². The number of hydrogen-bond acceptors (Lipinski definition) is 5. The molecule has 1 amide bonds. The number of amides is 1. The smallest absolute Gasteiger partial charge is 0.255 e. The van der Waals surface area contributed by atoms with E-state index in [1.165, 1.54) is 6.07 Å². The zero-order valence-corrected chi connectivity index (χ0v) is 17.1. The van der Waals surface area contributed by atoms with E-state index in [0.29, 0.717) is 64.6 Å². The molecule has 9 heteroatoms. The molecule has 2 fully saturated rings. The van der Waals surface area contributed by atoms with Crippen molar-refractivity contribution >= 4 is 11.9 Å². The van der Waals surface area contributed by atoms with E-state index in [4.69, 9.17) is 9.72 Å². The number of likely N-dealkylation sites (tertiary alicyclic amines) is 1. The van der Waals surface area contributed by atoms with Crippen molar-refractivity contribution in [3.8, 4) is 0 Å². The number of fused-ring (bicyclic) bond motifs is 2. The van der Waals surface area contributed by atoms with Crippen molar-refractivity contribution in [1.29, 1.82) is 0 Å². The molecule has 2 aromatic rings. The number of nitrogens with zero attached hydrogens (tertiary/aromatic N) is 3. The van der Waals surface area contributed by atoms with E-state index in [1.807, 2.05) is 4.90 Å². The predicted molar refractivity (Wildman–Crippen MR) is 109 cm³/mol. The number of morpholine rings is 1. The molecule has 1 spiro atoms. The Bertz CT molecular complexity index is 1070. The molecular weight excluding hydrogens is 406 g/mol. The molecule has 0 bridgehead atoms. The van der Waals surface area contributed by atoms with Gasteiger partial charge in [0.25, 0.3) is 11.5 Å². The standard InChI is InChI=1S/C22H24F2N4O3/c23-16-2-1-14(13-17(16)24)20(30)27-7-5-22(6-8-27)4-3-15-18(22)25-21(26-19(15)29)28-9-11-31-12-10-28/h1-2,13H,3-12H2,(H,25,26,29). The summed E-state index contributed by atoms with van der Waals surface area (Å²) in [6.45, 7) is 3.55. The van der Waals surface area contributed by atoms with Crippen molar-refractivity contribution in [3.63, 3.8) is 0 Å². The van der Waals surface area contributed by atoms with Gasteiger partial charge in [-0.3, -0.25) is 14.6 Å². The number of carbonyl (C=O) groups excluding carboxylic acids is 1. The van der Waals surface area contributed by atoms with Crippen LogP contribution in [-0.4, -0.2) is 60.2 Å². The van der Waals surface area contributed by atoms with Gasteiger partial charge in [0.1, 0.15) is 0 Å². The highest BCUT2D eigenvalue weighted by Gasteiger charge is 2.45. The highest BCUT2D eigenvalue weighted by atomic mass is 19.2. The van der Waals surface area contributed by atoms with Crippen LogP contribution in [0, 0.1) is 11.6 Å². The van der Waals surface area contributed by atoms with Crippen LogP contribution in [0.3, 0.4) is 0 Å². The second-order valence-electron chi connectivity index (χ2n) is 8.52. The summed E-state index contributed by atoms with van der Waals surface area (Å²) in [7, 11) is 0. The van der Waals surface area contributed by atoms with E-state index in [0.717, 1.165) is 29.8 Å². The number of anilines is 1. The molecule has 1 N–H and O–H groups in total. The highest BCUT2D eigenvalue weighted by molar-refractivity contribution is 5.94. The zero-order chi connectivity index (χ0) is 21.6. The van der Waals surface area contributed by atoms with Gasteiger partial charge in [-0.25, -0.2) is 13.8 Å². The van der Waals surface area contributed by atoms with Crippen LogP contribution in [0.4, 0.5) is 14.7 Å². The number of piperidine rings is 1. The van der Waals surface area contributed by atoms with Gasteiger partial charge in [0, 0.05) is 42.7 Å². The van der Waals surface area contributed by atoms with Crippen molar-refractivity contribution < 1.29 is 18.3 Å². The van der Waals surface area contributed by atoms with Crippen molar-refractivity contribution in [2.75, 3.05) is 44.3 Å². The van der Waals surface area contributed by atoms with Crippen LogP contribution in [0.5, 0.6) is 0 Å². The van der Waals surface area contributed by atoms with Crippen LogP contribution >= 0.6 is 0 Å². The summed E-state index contributed by atoms with van der Waals surface area (Å²) in [5.74, 6) is -1.71. The van der Waals surface area contributed by atoms with E-state index >= 15 is 0 Å². The van der Waals surface area contributed by atoms with Gasteiger partial charge in [-0.05, 0) is 43.9 Å². The van der Waals surface area contributed by atoms with Gasteiger partial charge in [-0.2, -0.15) is 0 Å². The van der Waals surface area contributed by atoms with E-state index in [2.05, 4.69) is 4.98 Å². The SMILES string of the molecule is O=C(c1ccc(F)c(F)c1)N1CCC2(CCc3c2nc(N2CCOCC2)[nH]c3=O)CC1. The first-order valence-electron chi connectivity index (χ1n) is 10.7. The van der Waals surface area contributed by atoms with Gasteiger partial charge in [-0.15, -0.1) is 0 Å². The number of ether oxygens (including phenoxy) is 1. The lowest BCUT2D eigenvalue weighted by molar-refractivity contribution is 0.0663. The number of H-pyrrole nitrogens is 1. The van der Waals surface area contributed by atoms with Gasteiger partial charge in [0.2, 0.25) is 5.95 Å². The van der Waals surface area contributed by atoms with Crippen molar-refractivity contribution in [1.82, 2.24) is 14.9 Å². The Morgan fingerprint density at radius 3 is 2.52 bits per heavy atom. The average molecular weight is 430 g/mol. The molecule has 1 aromatic carbocycles. The molecule has 0 unspecified atom stereocenters. The summed E-state index contributed by atoms with van der Waals surface area (Å²) in [6, 6.07) is 3.24. The molecule has 3 aliphatic rings. The van der Waals surface area contributed by atoms with Crippen molar-refractivity contribution in [2.45, 2.75) is 31.1 Å². The molecular formula is C22H24F2N4O3. The fraction of sp³-hybridized carbons (Fsp3) is 0.500.